The van der Waals surface area contributed by atoms with Crippen LogP contribution in [0.5, 0.6) is 0 Å². The number of carboxylic acids is 1. The first-order valence-corrected chi connectivity index (χ1v) is 11.2. The Morgan fingerprint density at radius 1 is 1.23 bits per heavy atom. The lowest BCUT2D eigenvalue weighted by Gasteiger charge is -2.22. The Balaban J connectivity index is 1.60. The van der Waals surface area contributed by atoms with Crippen molar-refractivity contribution >= 4 is 23.6 Å². The molecule has 5 nitrogen and oxygen atoms in total. The summed E-state index contributed by atoms with van der Waals surface area (Å²) in [4.78, 5) is 24.4. The normalized spacial score (nSPS) is 21.7. The number of unbranched alkanes of at least 4 members (excludes halogenated alkanes) is 1. The Hall–Kier alpha value is -1.01. The zero-order chi connectivity index (χ0) is 18.8. The number of nitrogens with zero attached hydrogens (tertiary/aromatic N) is 1. The van der Waals surface area contributed by atoms with E-state index in [1.165, 1.54) is 25.7 Å². The number of carbonyl (C=O) groups is 2. The molecule has 0 bridgehead atoms. The molecule has 1 aliphatic heterocycles. The van der Waals surface area contributed by atoms with Crippen molar-refractivity contribution in [2.45, 2.75) is 76.4 Å². The first kappa shape index (κ1) is 21.3. The molecule has 0 aromatic carbocycles. The van der Waals surface area contributed by atoms with E-state index in [-0.39, 0.29) is 18.4 Å². The number of hydrogen-bond acceptors (Lipinski definition) is 4. The van der Waals surface area contributed by atoms with Crippen LogP contribution in [0, 0.1) is 5.92 Å². The predicted molar refractivity (Wildman–Crippen MR) is 105 cm³/mol. The fourth-order valence-electron chi connectivity index (χ4n) is 3.38. The number of likely N-dealkylation sites (tertiary alicyclic amines) is 1. The highest BCUT2D eigenvalue weighted by Crippen LogP contribution is 2.34. The number of aliphatic hydroxyl groups is 1. The highest BCUT2D eigenvalue weighted by molar-refractivity contribution is 7.99. The van der Waals surface area contributed by atoms with Crippen LogP contribution < -0.4 is 0 Å². The van der Waals surface area contributed by atoms with Gasteiger partial charge in [-0.15, -0.1) is 0 Å². The quantitative estimate of drug-likeness (QED) is 0.355. The molecule has 2 atom stereocenters. The second kappa shape index (κ2) is 11.7. The SMILES string of the molecule is O=C(O)CCCSCCN1C(=O)CC[C@@H]1/C=C/[C@H](O)CCCCC1CC1. The first-order chi connectivity index (χ1) is 12.6. The largest absolute Gasteiger partial charge is 0.481 e. The molecule has 1 aliphatic carbocycles. The van der Waals surface area contributed by atoms with Crippen molar-refractivity contribution in [2.24, 2.45) is 5.92 Å². The Kier molecular flexibility index (Phi) is 9.54. The van der Waals surface area contributed by atoms with Crippen LogP contribution in [0.15, 0.2) is 12.2 Å². The fourth-order valence-corrected chi connectivity index (χ4v) is 4.26. The number of rotatable bonds is 14. The number of amides is 1. The highest BCUT2D eigenvalue weighted by Gasteiger charge is 2.28. The summed E-state index contributed by atoms with van der Waals surface area (Å²) in [6, 6.07) is 0.100. The van der Waals surface area contributed by atoms with Crippen molar-refractivity contribution in [2.75, 3.05) is 18.1 Å². The van der Waals surface area contributed by atoms with Crippen molar-refractivity contribution in [3.8, 4) is 0 Å². The summed E-state index contributed by atoms with van der Waals surface area (Å²) in [6.45, 7) is 0.697. The van der Waals surface area contributed by atoms with Crippen molar-refractivity contribution in [3.05, 3.63) is 12.2 Å². The van der Waals surface area contributed by atoms with Gasteiger partial charge in [-0.25, -0.2) is 0 Å². The van der Waals surface area contributed by atoms with Crippen LogP contribution in [0.25, 0.3) is 0 Å². The maximum absolute atomic E-state index is 12.1. The van der Waals surface area contributed by atoms with Gasteiger partial charge in [0.25, 0.3) is 0 Å². The number of thioether (sulfide) groups is 1. The number of aliphatic carboxylic acids is 1. The number of carbonyl (C=O) groups excluding carboxylic acids is 1. The standard InChI is InChI=1S/C20H33NO4S/c22-18(5-2-1-4-16-7-8-16)11-9-17-10-12-19(23)21(17)13-15-26-14-3-6-20(24)25/h9,11,16-18,22H,1-8,10,12-15H2,(H,24,25)/b11-9+/t17-,18+/m0/s1. The van der Waals surface area contributed by atoms with Gasteiger partial charge in [0, 0.05) is 25.1 Å². The molecule has 0 aromatic rings. The van der Waals surface area contributed by atoms with Crippen molar-refractivity contribution < 1.29 is 19.8 Å². The topological polar surface area (TPSA) is 77.8 Å². The van der Waals surface area contributed by atoms with Gasteiger partial charge >= 0.3 is 5.97 Å². The predicted octanol–water partition coefficient (Wildman–Crippen LogP) is 3.46. The summed E-state index contributed by atoms with van der Waals surface area (Å²) in [7, 11) is 0. The fraction of sp³-hybridized carbons (Fsp3) is 0.800. The Morgan fingerprint density at radius 2 is 2.04 bits per heavy atom. The summed E-state index contributed by atoms with van der Waals surface area (Å²) in [5.74, 6) is 2.04. The van der Waals surface area contributed by atoms with E-state index in [0.717, 1.165) is 36.7 Å². The van der Waals surface area contributed by atoms with E-state index >= 15 is 0 Å². The molecule has 2 rings (SSSR count). The monoisotopic (exact) mass is 383 g/mol. The van der Waals surface area contributed by atoms with Crippen LogP contribution >= 0.6 is 11.8 Å². The average molecular weight is 384 g/mol. The summed E-state index contributed by atoms with van der Waals surface area (Å²) >= 11 is 1.70. The van der Waals surface area contributed by atoms with Gasteiger partial charge in [0.1, 0.15) is 0 Å². The minimum absolute atomic E-state index is 0.100. The van der Waals surface area contributed by atoms with Crippen LogP contribution in [-0.2, 0) is 9.59 Å². The molecule has 0 spiro atoms. The van der Waals surface area contributed by atoms with Gasteiger partial charge in [0.2, 0.25) is 5.91 Å². The summed E-state index contributed by atoms with van der Waals surface area (Å²) in [6.07, 6.45) is 12.9. The van der Waals surface area contributed by atoms with E-state index in [4.69, 9.17) is 5.11 Å². The van der Waals surface area contributed by atoms with Crippen LogP contribution in [0.4, 0.5) is 0 Å². The third kappa shape index (κ3) is 8.58. The Morgan fingerprint density at radius 3 is 2.77 bits per heavy atom. The molecule has 1 heterocycles. The number of carboxylic acid groups (broad SMARTS) is 1. The number of hydrogen-bond donors (Lipinski definition) is 2. The maximum Gasteiger partial charge on any atom is 0.303 e. The maximum atomic E-state index is 12.1. The summed E-state index contributed by atoms with van der Waals surface area (Å²) < 4.78 is 0. The van der Waals surface area contributed by atoms with Crippen molar-refractivity contribution in [3.63, 3.8) is 0 Å². The third-order valence-electron chi connectivity index (χ3n) is 5.15. The van der Waals surface area contributed by atoms with Gasteiger partial charge in [0.05, 0.1) is 12.1 Å². The van der Waals surface area contributed by atoms with E-state index in [2.05, 4.69) is 0 Å². The lowest BCUT2D eigenvalue weighted by Crippen LogP contribution is -2.34. The lowest BCUT2D eigenvalue weighted by atomic mass is 10.1. The van der Waals surface area contributed by atoms with Crippen molar-refractivity contribution in [1.82, 2.24) is 4.90 Å². The van der Waals surface area contributed by atoms with Gasteiger partial charge in [-0.05, 0) is 30.9 Å². The van der Waals surface area contributed by atoms with E-state index in [9.17, 15) is 14.7 Å². The smallest absolute Gasteiger partial charge is 0.303 e. The first-order valence-electron chi connectivity index (χ1n) is 10.0. The van der Waals surface area contributed by atoms with Crippen LogP contribution in [-0.4, -0.2) is 57.2 Å². The van der Waals surface area contributed by atoms with Gasteiger partial charge in [0.15, 0.2) is 0 Å². The van der Waals surface area contributed by atoms with Gasteiger partial charge in [-0.3, -0.25) is 9.59 Å². The Labute approximate surface area is 161 Å². The molecular formula is C20H33NO4S. The van der Waals surface area contributed by atoms with Crippen LogP contribution in [0.1, 0.15) is 64.2 Å². The molecule has 1 saturated carbocycles. The van der Waals surface area contributed by atoms with Crippen molar-refractivity contribution in [1.29, 1.82) is 0 Å². The second-order valence-electron chi connectivity index (χ2n) is 7.48. The molecule has 1 saturated heterocycles. The highest BCUT2D eigenvalue weighted by atomic mass is 32.2. The van der Waals surface area contributed by atoms with Gasteiger partial charge in [-0.2, -0.15) is 11.8 Å². The molecule has 0 unspecified atom stereocenters. The minimum atomic E-state index is -0.753. The molecule has 1 amide bonds. The molecule has 0 aromatic heterocycles. The van der Waals surface area contributed by atoms with Gasteiger partial charge < -0.3 is 15.1 Å². The second-order valence-corrected chi connectivity index (χ2v) is 8.71. The average Bonchev–Trinajstić information content (AvgIpc) is 3.36. The summed E-state index contributed by atoms with van der Waals surface area (Å²) in [5.41, 5.74) is 0. The molecule has 0 radical (unpaired) electrons. The van der Waals surface area contributed by atoms with E-state index in [1.807, 2.05) is 17.1 Å². The van der Waals surface area contributed by atoms with E-state index < -0.39 is 12.1 Å². The zero-order valence-electron chi connectivity index (χ0n) is 15.6. The molecular weight excluding hydrogens is 350 g/mol. The molecule has 6 heteroatoms. The summed E-state index contributed by atoms with van der Waals surface area (Å²) in [5, 5.41) is 18.7. The van der Waals surface area contributed by atoms with E-state index in [1.54, 1.807) is 11.8 Å². The molecule has 2 fully saturated rings. The minimum Gasteiger partial charge on any atom is -0.481 e. The molecule has 2 aliphatic rings. The lowest BCUT2D eigenvalue weighted by molar-refractivity contribution is -0.137. The third-order valence-corrected chi connectivity index (χ3v) is 6.19. The number of aliphatic hydroxyl groups excluding tert-OH is 1. The van der Waals surface area contributed by atoms with Crippen LogP contribution in [0.3, 0.4) is 0 Å². The van der Waals surface area contributed by atoms with Gasteiger partial charge in [-0.1, -0.05) is 44.3 Å². The van der Waals surface area contributed by atoms with Crippen LogP contribution in [0.2, 0.25) is 0 Å². The molecule has 2 N–H and O–H groups in total. The van der Waals surface area contributed by atoms with E-state index in [0.29, 0.717) is 19.4 Å². The molecule has 26 heavy (non-hydrogen) atoms. The molecule has 148 valence electrons. The zero-order valence-corrected chi connectivity index (χ0v) is 16.5. The Bertz CT molecular complexity index is 478.